The van der Waals surface area contributed by atoms with Crippen molar-refractivity contribution in [1.82, 2.24) is 0 Å². The van der Waals surface area contributed by atoms with Crippen molar-refractivity contribution in [2.24, 2.45) is 10.2 Å². The lowest BCUT2D eigenvalue weighted by atomic mass is 10.1. The Balaban J connectivity index is 2.23. The molecule has 0 bridgehead atoms. The van der Waals surface area contributed by atoms with Crippen LogP contribution in [0.2, 0.25) is 0 Å². The molecular weight excluding hydrogens is 280 g/mol. The number of aryl methyl sites for hydroxylation is 2. The average Bonchev–Trinajstić information content (AvgIpc) is 2.51. The first-order valence-electron chi connectivity index (χ1n) is 7.00. The molecule has 2 aromatic rings. The van der Waals surface area contributed by atoms with Gasteiger partial charge in [0.15, 0.2) is 0 Å². The van der Waals surface area contributed by atoms with Crippen LogP contribution in [0.1, 0.15) is 28.4 Å². The summed E-state index contributed by atoms with van der Waals surface area (Å²) in [5.74, 6) is -0.112. The van der Waals surface area contributed by atoms with Crippen molar-refractivity contribution in [3.63, 3.8) is 0 Å². The van der Waals surface area contributed by atoms with E-state index in [0.717, 1.165) is 11.1 Å². The highest BCUT2D eigenvalue weighted by molar-refractivity contribution is 5.90. The number of benzene rings is 2. The van der Waals surface area contributed by atoms with Crippen molar-refractivity contribution < 1.29 is 14.6 Å². The van der Waals surface area contributed by atoms with E-state index in [2.05, 4.69) is 10.2 Å². The third-order valence-electron chi connectivity index (χ3n) is 3.11. The monoisotopic (exact) mass is 298 g/mol. The number of esters is 1. The van der Waals surface area contributed by atoms with E-state index in [9.17, 15) is 9.90 Å². The molecule has 0 radical (unpaired) electrons. The number of ether oxygens (including phenoxy) is 1. The largest absolute Gasteiger partial charge is 0.507 e. The zero-order chi connectivity index (χ0) is 16.1. The summed E-state index contributed by atoms with van der Waals surface area (Å²) in [5.41, 5.74) is 3.14. The molecule has 0 atom stereocenters. The Labute approximate surface area is 129 Å². The minimum absolute atomic E-state index is 0.267. The predicted molar refractivity (Wildman–Crippen MR) is 84.2 cm³/mol. The Bertz CT molecular complexity index is 701. The molecule has 0 unspecified atom stereocenters. The number of hydrogen-bond acceptors (Lipinski definition) is 5. The van der Waals surface area contributed by atoms with Gasteiger partial charge in [-0.25, -0.2) is 4.79 Å². The molecule has 114 valence electrons. The summed E-state index contributed by atoms with van der Waals surface area (Å²) in [6, 6.07) is 10.3. The van der Waals surface area contributed by atoms with E-state index in [1.54, 1.807) is 43.3 Å². The van der Waals surface area contributed by atoms with Crippen molar-refractivity contribution in [3.05, 3.63) is 53.1 Å². The molecule has 0 aliphatic rings. The normalized spacial score (nSPS) is 10.9. The van der Waals surface area contributed by atoms with Gasteiger partial charge in [-0.2, -0.15) is 10.2 Å². The molecule has 0 amide bonds. The Kier molecular flexibility index (Phi) is 4.88. The number of azo groups is 1. The second-order valence-electron chi connectivity index (χ2n) is 4.90. The number of carbonyl (C=O) groups excluding carboxylic acids is 1. The van der Waals surface area contributed by atoms with Crippen molar-refractivity contribution in [1.29, 1.82) is 0 Å². The molecule has 0 aliphatic heterocycles. The van der Waals surface area contributed by atoms with Crippen LogP contribution in [0.15, 0.2) is 46.6 Å². The maximum atomic E-state index is 11.7. The highest BCUT2D eigenvalue weighted by Gasteiger charge is 2.06. The van der Waals surface area contributed by atoms with Gasteiger partial charge in [0.2, 0.25) is 0 Å². The minimum Gasteiger partial charge on any atom is -0.507 e. The summed E-state index contributed by atoms with van der Waals surface area (Å²) >= 11 is 0. The van der Waals surface area contributed by atoms with Crippen LogP contribution in [-0.2, 0) is 4.74 Å². The molecule has 2 rings (SSSR count). The summed E-state index contributed by atoms with van der Waals surface area (Å²) in [5, 5.41) is 18.0. The van der Waals surface area contributed by atoms with Gasteiger partial charge in [-0.3, -0.25) is 0 Å². The summed E-state index contributed by atoms with van der Waals surface area (Å²) in [6.45, 7) is 5.71. The first-order valence-corrected chi connectivity index (χ1v) is 7.00. The summed E-state index contributed by atoms with van der Waals surface area (Å²) in [7, 11) is 0. The highest BCUT2D eigenvalue weighted by Crippen LogP contribution is 2.28. The molecule has 22 heavy (non-hydrogen) atoms. The number of phenolic OH excluding ortho intramolecular Hbond substituents is 1. The number of rotatable bonds is 4. The van der Waals surface area contributed by atoms with Gasteiger partial charge in [0.1, 0.15) is 5.75 Å². The van der Waals surface area contributed by atoms with Gasteiger partial charge in [0, 0.05) is 0 Å². The molecule has 0 fully saturated rings. The number of carbonyl (C=O) groups is 1. The van der Waals surface area contributed by atoms with Crippen molar-refractivity contribution in [3.8, 4) is 5.75 Å². The van der Waals surface area contributed by atoms with Crippen molar-refractivity contribution >= 4 is 17.3 Å². The lowest BCUT2D eigenvalue weighted by Crippen LogP contribution is -2.03. The van der Waals surface area contributed by atoms with Crippen LogP contribution in [0.3, 0.4) is 0 Å². The van der Waals surface area contributed by atoms with Gasteiger partial charge in [0.05, 0.1) is 23.5 Å². The Hall–Kier alpha value is -2.69. The summed E-state index contributed by atoms with van der Waals surface area (Å²) in [4.78, 5) is 11.7. The molecule has 1 N–H and O–H groups in total. The molecule has 0 aromatic heterocycles. The Morgan fingerprint density at radius 1 is 1.09 bits per heavy atom. The third-order valence-corrected chi connectivity index (χ3v) is 3.11. The molecule has 2 aromatic carbocycles. The molecule has 0 heterocycles. The van der Waals surface area contributed by atoms with Crippen LogP contribution in [0.25, 0.3) is 0 Å². The zero-order valence-corrected chi connectivity index (χ0v) is 12.8. The second-order valence-corrected chi connectivity index (χ2v) is 4.90. The van der Waals surface area contributed by atoms with Gasteiger partial charge >= 0.3 is 5.97 Å². The quantitative estimate of drug-likeness (QED) is 0.662. The average molecular weight is 298 g/mol. The minimum atomic E-state index is -0.379. The maximum absolute atomic E-state index is 11.7. The Morgan fingerprint density at radius 2 is 1.73 bits per heavy atom. The fourth-order valence-corrected chi connectivity index (χ4v) is 2.02. The van der Waals surface area contributed by atoms with E-state index in [0.29, 0.717) is 23.5 Å². The van der Waals surface area contributed by atoms with E-state index >= 15 is 0 Å². The van der Waals surface area contributed by atoms with E-state index in [1.807, 2.05) is 13.8 Å². The van der Waals surface area contributed by atoms with Gasteiger partial charge in [0.25, 0.3) is 0 Å². The zero-order valence-electron chi connectivity index (χ0n) is 12.8. The molecule has 0 saturated carbocycles. The van der Waals surface area contributed by atoms with Gasteiger partial charge in [-0.1, -0.05) is 6.07 Å². The first-order chi connectivity index (χ1) is 10.5. The smallest absolute Gasteiger partial charge is 0.338 e. The lowest BCUT2D eigenvalue weighted by Gasteiger charge is -2.04. The van der Waals surface area contributed by atoms with E-state index in [1.165, 1.54) is 0 Å². The number of hydrogen-bond donors (Lipinski definition) is 1. The summed E-state index contributed by atoms with van der Waals surface area (Å²) < 4.78 is 4.95. The fraction of sp³-hybridized carbons (Fsp3) is 0.235. The van der Waals surface area contributed by atoms with Gasteiger partial charge in [-0.05, 0) is 62.2 Å². The number of nitrogens with zero attached hydrogens (tertiary/aromatic N) is 2. The Morgan fingerprint density at radius 3 is 2.36 bits per heavy atom. The number of phenols is 1. The SMILES string of the molecule is CCOC(=O)c1cccc(N=Nc2cc(C)c(O)c(C)c2)c1. The molecule has 0 spiro atoms. The van der Waals surface area contributed by atoms with Crippen molar-refractivity contribution in [2.45, 2.75) is 20.8 Å². The standard InChI is InChI=1S/C17H18N2O3/c1-4-22-17(21)13-6-5-7-14(10-13)18-19-15-8-11(2)16(20)12(3)9-15/h5-10,20H,4H2,1-3H3. The van der Waals surface area contributed by atoms with Crippen molar-refractivity contribution in [2.75, 3.05) is 6.61 Å². The van der Waals surface area contributed by atoms with E-state index in [-0.39, 0.29) is 11.7 Å². The van der Waals surface area contributed by atoms with Crippen LogP contribution in [0.5, 0.6) is 5.75 Å². The molecule has 5 nitrogen and oxygen atoms in total. The third kappa shape index (κ3) is 3.69. The molecular formula is C17H18N2O3. The van der Waals surface area contributed by atoms with Crippen LogP contribution in [0.4, 0.5) is 11.4 Å². The van der Waals surface area contributed by atoms with Crippen LogP contribution < -0.4 is 0 Å². The first kappa shape index (κ1) is 15.7. The highest BCUT2D eigenvalue weighted by atomic mass is 16.5. The second kappa shape index (κ2) is 6.85. The predicted octanol–water partition coefficient (Wildman–Crippen LogP) is 4.60. The maximum Gasteiger partial charge on any atom is 0.338 e. The van der Waals surface area contributed by atoms with Crippen LogP contribution in [0, 0.1) is 13.8 Å². The summed E-state index contributed by atoms with van der Waals surface area (Å²) in [6.07, 6.45) is 0. The molecule has 0 saturated heterocycles. The molecule has 0 aliphatic carbocycles. The van der Waals surface area contributed by atoms with E-state index in [4.69, 9.17) is 4.74 Å². The number of aromatic hydroxyl groups is 1. The van der Waals surface area contributed by atoms with Gasteiger partial charge < -0.3 is 9.84 Å². The van der Waals surface area contributed by atoms with E-state index < -0.39 is 0 Å². The fourth-order valence-electron chi connectivity index (χ4n) is 2.02. The van der Waals surface area contributed by atoms with Gasteiger partial charge in [-0.15, -0.1) is 0 Å². The van der Waals surface area contributed by atoms with Crippen LogP contribution in [-0.4, -0.2) is 17.7 Å². The lowest BCUT2D eigenvalue weighted by molar-refractivity contribution is 0.0526. The topological polar surface area (TPSA) is 71.2 Å². The molecule has 5 heteroatoms. The van der Waals surface area contributed by atoms with Crippen LogP contribution >= 0.6 is 0 Å².